The predicted octanol–water partition coefficient (Wildman–Crippen LogP) is 1.26. The highest BCUT2D eigenvalue weighted by molar-refractivity contribution is 5.91. The van der Waals surface area contributed by atoms with Gasteiger partial charge in [0.2, 0.25) is 11.8 Å². The van der Waals surface area contributed by atoms with Gasteiger partial charge < -0.3 is 15.4 Å². The van der Waals surface area contributed by atoms with E-state index in [1.54, 1.807) is 12.1 Å². The monoisotopic (exact) mass is 348 g/mol. The van der Waals surface area contributed by atoms with Crippen LogP contribution in [0.2, 0.25) is 0 Å². The molecular formula is C18H24N2O5. The summed E-state index contributed by atoms with van der Waals surface area (Å²) in [6.45, 7) is 2.98. The lowest BCUT2D eigenvalue weighted by Gasteiger charge is -2.07. The van der Waals surface area contributed by atoms with Gasteiger partial charge in [-0.15, -0.1) is 0 Å². The van der Waals surface area contributed by atoms with Gasteiger partial charge in [0.05, 0.1) is 0 Å². The highest BCUT2D eigenvalue weighted by atomic mass is 16.5. The number of anilines is 1. The number of amides is 2. The number of hydrogen-bond acceptors (Lipinski definition) is 5. The third kappa shape index (κ3) is 10.0. The van der Waals surface area contributed by atoms with Crippen LogP contribution in [-0.2, 0) is 30.3 Å². The molecule has 7 nitrogen and oxygen atoms in total. The van der Waals surface area contributed by atoms with Crippen molar-refractivity contribution in [2.45, 2.75) is 33.1 Å². The van der Waals surface area contributed by atoms with Crippen LogP contribution in [0.25, 0.3) is 0 Å². The van der Waals surface area contributed by atoms with Crippen molar-refractivity contribution >= 4 is 29.1 Å². The Morgan fingerprint density at radius 1 is 0.880 bits per heavy atom. The number of nitrogens with one attached hydrogen (secondary N) is 2. The van der Waals surface area contributed by atoms with E-state index >= 15 is 0 Å². The summed E-state index contributed by atoms with van der Waals surface area (Å²) in [6.07, 6.45) is 1.25. The fraction of sp³-hybridized carbons (Fsp3) is 0.444. The molecular weight excluding hydrogens is 324 g/mol. The maximum atomic E-state index is 11.6. The van der Waals surface area contributed by atoms with Gasteiger partial charge in [0.25, 0.3) is 0 Å². The minimum Gasteiger partial charge on any atom is -0.364 e. The maximum Gasteiger partial charge on any atom is 0.250 e. The summed E-state index contributed by atoms with van der Waals surface area (Å²) < 4.78 is 4.94. The Bertz CT molecular complexity index is 610. The molecule has 0 aliphatic rings. The lowest BCUT2D eigenvalue weighted by atomic mass is 10.1. The molecule has 1 aromatic carbocycles. The average Bonchev–Trinajstić information content (AvgIpc) is 2.53. The van der Waals surface area contributed by atoms with Gasteiger partial charge in [0.15, 0.2) is 5.78 Å². The van der Waals surface area contributed by atoms with Crippen LogP contribution in [0.1, 0.15) is 32.3 Å². The largest absolute Gasteiger partial charge is 0.364 e. The molecule has 2 amide bonds. The number of ketones is 2. The van der Waals surface area contributed by atoms with Crippen molar-refractivity contribution in [3.63, 3.8) is 0 Å². The predicted molar refractivity (Wildman–Crippen MR) is 93.2 cm³/mol. The second-order valence-electron chi connectivity index (χ2n) is 5.74. The zero-order valence-corrected chi connectivity index (χ0v) is 14.6. The zero-order chi connectivity index (χ0) is 18.7. The summed E-state index contributed by atoms with van der Waals surface area (Å²) >= 11 is 0. The average molecular weight is 348 g/mol. The minimum absolute atomic E-state index is 0.0460. The van der Waals surface area contributed by atoms with Gasteiger partial charge in [-0.2, -0.15) is 0 Å². The first-order chi connectivity index (χ1) is 11.9. The molecule has 0 aliphatic heterocycles. The smallest absolute Gasteiger partial charge is 0.250 e. The molecule has 0 bridgehead atoms. The molecule has 2 N–H and O–H groups in total. The summed E-state index contributed by atoms with van der Waals surface area (Å²) in [6, 6.07) is 7.14. The third-order valence-corrected chi connectivity index (χ3v) is 3.22. The molecule has 0 saturated carbocycles. The van der Waals surface area contributed by atoms with Crippen molar-refractivity contribution < 1.29 is 23.9 Å². The van der Waals surface area contributed by atoms with Gasteiger partial charge >= 0.3 is 0 Å². The normalized spacial score (nSPS) is 10.2. The first kappa shape index (κ1) is 20.5. The van der Waals surface area contributed by atoms with Gasteiger partial charge in [0, 0.05) is 25.1 Å². The van der Waals surface area contributed by atoms with E-state index in [1.807, 2.05) is 12.1 Å². The van der Waals surface area contributed by atoms with Crippen molar-refractivity contribution in [2.24, 2.45) is 0 Å². The van der Waals surface area contributed by atoms with Crippen LogP contribution >= 0.6 is 0 Å². The second-order valence-corrected chi connectivity index (χ2v) is 5.74. The maximum absolute atomic E-state index is 11.6. The molecule has 0 unspecified atom stereocenters. The van der Waals surface area contributed by atoms with E-state index in [0.717, 1.165) is 5.56 Å². The molecule has 0 radical (unpaired) electrons. The van der Waals surface area contributed by atoms with Crippen LogP contribution in [0, 0.1) is 0 Å². The van der Waals surface area contributed by atoms with Crippen molar-refractivity contribution in [3.05, 3.63) is 29.8 Å². The van der Waals surface area contributed by atoms with Crippen LogP contribution in [0.15, 0.2) is 24.3 Å². The van der Waals surface area contributed by atoms with E-state index < -0.39 is 0 Å². The number of benzene rings is 1. The van der Waals surface area contributed by atoms with Gasteiger partial charge in [0.1, 0.15) is 19.0 Å². The summed E-state index contributed by atoms with van der Waals surface area (Å²) in [5.74, 6) is -0.521. The molecule has 1 rings (SSSR count). The van der Waals surface area contributed by atoms with Crippen LogP contribution in [0.4, 0.5) is 5.69 Å². The SMILES string of the molecule is CC(=O)CCNC(=O)CCc1ccc(NC(=O)COCC(C)=O)cc1. The number of rotatable bonds is 11. The van der Waals surface area contributed by atoms with Crippen molar-refractivity contribution in [1.82, 2.24) is 5.32 Å². The van der Waals surface area contributed by atoms with E-state index in [2.05, 4.69) is 10.6 Å². The number of aryl methyl sites for hydroxylation is 1. The molecule has 0 atom stereocenters. The summed E-state index contributed by atoms with van der Waals surface area (Å²) in [5, 5.41) is 5.35. The van der Waals surface area contributed by atoms with E-state index in [-0.39, 0.29) is 36.6 Å². The molecule has 1 aromatic rings. The van der Waals surface area contributed by atoms with Crippen LogP contribution in [0.3, 0.4) is 0 Å². The molecule has 0 saturated heterocycles. The van der Waals surface area contributed by atoms with Gasteiger partial charge in [-0.1, -0.05) is 12.1 Å². The number of Topliss-reactive ketones (excluding diaryl/α,β-unsaturated/α-hetero) is 2. The first-order valence-corrected chi connectivity index (χ1v) is 8.09. The van der Waals surface area contributed by atoms with Gasteiger partial charge in [-0.05, 0) is 38.0 Å². The molecule has 0 spiro atoms. The van der Waals surface area contributed by atoms with Crippen LogP contribution in [-0.4, -0.2) is 43.1 Å². The number of ether oxygens (including phenoxy) is 1. The van der Waals surface area contributed by atoms with Crippen LogP contribution in [0.5, 0.6) is 0 Å². The number of carbonyl (C=O) groups excluding carboxylic acids is 4. The van der Waals surface area contributed by atoms with Crippen molar-refractivity contribution in [3.8, 4) is 0 Å². The van der Waals surface area contributed by atoms with Gasteiger partial charge in [-0.25, -0.2) is 0 Å². The third-order valence-electron chi connectivity index (χ3n) is 3.22. The Morgan fingerprint density at radius 2 is 1.56 bits per heavy atom. The fourth-order valence-corrected chi connectivity index (χ4v) is 1.96. The van der Waals surface area contributed by atoms with E-state index in [4.69, 9.17) is 4.74 Å². The lowest BCUT2D eigenvalue weighted by Crippen LogP contribution is -2.25. The second kappa shape index (κ2) is 11.1. The van der Waals surface area contributed by atoms with Crippen LogP contribution < -0.4 is 10.6 Å². The Morgan fingerprint density at radius 3 is 2.16 bits per heavy atom. The summed E-state index contributed by atoms with van der Waals surface area (Å²) in [5.41, 5.74) is 1.58. The zero-order valence-electron chi connectivity index (χ0n) is 14.6. The fourth-order valence-electron chi connectivity index (χ4n) is 1.96. The Kier molecular flexibility index (Phi) is 9.10. The molecule has 0 fully saturated rings. The summed E-state index contributed by atoms with van der Waals surface area (Å²) in [4.78, 5) is 44.8. The quantitative estimate of drug-likeness (QED) is 0.627. The number of carbonyl (C=O) groups is 4. The topological polar surface area (TPSA) is 102 Å². The van der Waals surface area contributed by atoms with Crippen molar-refractivity contribution in [1.29, 1.82) is 0 Å². The Labute approximate surface area is 147 Å². The Balaban J connectivity index is 2.31. The van der Waals surface area contributed by atoms with Gasteiger partial charge in [-0.3, -0.25) is 19.2 Å². The molecule has 136 valence electrons. The molecule has 0 aromatic heterocycles. The highest BCUT2D eigenvalue weighted by Gasteiger charge is 2.05. The first-order valence-electron chi connectivity index (χ1n) is 8.09. The minimum atomic E-state index is -0.334. The van der Waals surface area contributed by atoms with Crippen molar-refractivity contribution in [2.75, 3.05) is 25.1 Å². The standard InChI is InChI=1S/C18H24N2O5/c1-13(21)9-10-19-17(23)8-5-15-3-6-16(7-4-15)20-18(24)12-25-11-14(2)22/h3-4,6-7H,5,8-12H2,1-2H3,(H,19,23)(H,20,24). The highest BCUT2D eigenvalue weighted by Crippen LogP contribution is 2.11. The van der Waals surface area contributed by atoms with E-state index in [9.17, 15) is 19.2 Å². The molecule has 7 heteroatoms. The molecule has 0 aliphatic carbocycles. The molecule has 0 heterocycles. The number of hydrogen-bond donors (Lipinski definition) is 2. The van der Waals surface area contributed by atoms with E-state index in [0.29, 0.717) is 31.5 Å². The summed E-state index contributed by atoms with van der Waals surface area (Å²) in [7, 11) is 0. The Hall–Kier alpha value is -2.54. The lowest BCUT2D eigenvalue weighted by molar-refractivity contribution is -0.126. The molecule has 25 heavy (non-hydrogen) atoms. The van der Waals surface area contributed by atoms with E-state index in [1.165, 1.54) is 13.8 Å².